The number of carbonyl (C=O) groups excluding carboxylic acids is 2. The van der Waals surface area contributed by atoms with Crippen LogP contribution in [0, 0.1) is 23.2 Å². The molecule has 1 saturated heterocycles. The van der Waals surface area contributed by atoms with Crippen molar-refractivity contribution in [2.45, 2.75) is 46.1 Å². The van der Waals surface area contributed by atoms with Gasteiger partial charge in [-0.2, -0.15) is 0 Å². The number of esters is 1. The van der Waals surface area contributed by atoms with Crippen LogP contribution >= 0.6 is 0 Å². The predicted molar refractivity (Wildman–Crippen MR) is 79.3 cm³/mol. The van der Waals surface area contributed by atoms with Gasteiger partial charge in [0.2, 0.25) is 0 Å². The fraction of sp³-hybridized carbons (Fsp3) is 0.812. The summed E-state index contributed by atoms with van der Waals surface area (Å²) < 4.78 is 4.55. The van der Waals surface area contributed by atoms with Crippen LogP contribution in [0.15, 0.2) is 0 Å². The van der Waals surface area contributed by atoms with Crippen LogP contribution in [0.1, 0.15) is 40.0 Å². The average Bonchev–Trinajstić information content (AvgIpc) is 2.93. The van der Waals surface area contributed by atoms with Gasteiger partial charge in [-0.15, -0.1) is 0 Å². The van der Waals surface area contributed by atoms with Crippen molar-refractivity contribution in [1.29, 1.82) is 0 Å². The highest BCUT2D eigenvalue weighted by molar-refractivity contribution is 5.96. The Morgan fingerprint density at radius 1 is 1.23 bits per heavy atom. The van der Waals surface area contributed by atoms with Crippen LogP contribution in [-0.4, -0.2) is 47.5 Å². The summed E-state index contributed by atoms with van der Waals surface area (Å²) in [4.78, 5) is 36.5. The molecule has 1 aliphatic carbocycles. The van der Waals surface area contributed by atoms with Crippen LogP contribution in [-0.2, 0) is 14.3 Å². The number of ether oxygens (including phenoxy) is 1. The lowest BCUT2D eigenvalue weighted by Crippen LogP contribution is -2.45. The van der Waals surface area contributed by atoms with Crippen molar-refractivity contribution in [2.24, 2.45) is 23.2 Å². The van der Waals surface area contributed by atoms with E-state index >= 15 is 0 Å². The molecule has 0 aromatic carbocycles. The highest BCUT2D eigenvalue weighted by Gasteiger charge is 2.53. The normalized spacial score (nSPS) is 31.0. The van der Waals surface area contributed by atoms with Crippen LogP contribution in [0.5, 0.6) is 0 Å². The van der Waals surface area contributed by atoms with E-state index in [1.54, 1.807) is 0 Å². The summed E-state index contributed by atoms with van der Waals surface area (Å²) in [5, 5.41) is 9.43. The minimum absolute atomic E-state index is 0.0733. The van der Waals surface area contributed by atoms with Crippen molar-refractivity contribution < 1.29 is 24.2 Å². The van der Waals surface area contributed by atoms with Gasteiger partial charge in [-0.1, -0.05) is 20.8 Å². The van der Waals surface area contributed by atoms with Crippen LogP contribution in [0.4, 0.5) is 4.79 Å². The van der Waals surface area contributed by atoms with Gasteiger partial charge in [0.1, 0.15) is 12.2 Å². The van der Waals surface area contributed by atoms with Crippen LogP contribution < -0.4 is 0 Å². The van der Waals surface area contributed by atoms with E-state index in [4.69, 9.17) is 0 Å². The second-order valence-electron chi connectivity index (χ2n) is 7.56. The van der Waals surface area contributed by atoms with Crippen molar-refractivity contribution in [3.05, 3.63) is 0 Å². The third kappa shape index (κ3) is 3.10. The predicted octanol–water partition coefficient (Wildman–Crippen LogP) is 2.17. The number of fused-ring (bicyclic) bond motifs is 1. The van der Waals surface area contributed by atoms with Gasteiger partial charge in [0, 0.05) is 18.5 Å². The number of amides is 1. The van der Waals surface area contributed by atoms with E-state index in [1.807, 2.05) is 20.8 Å². The Bertz CT molecular complexity index is 481. The number of nitrogens with zero attached hydrogens (tertiary/aromatic N) is 1. The highest BCUT2D eigenvalue weighted by Crippen LogP contribution is 2.50. The van der Waals surface area contributed by atoms with Gasteiger partial charge in [-0.25, -0.2) is 4.79 Å². The zero-order valence-corrected chi connectivity index (χ0v) is 13.7. The number of hydrogen-bond donors (Lipinski definition) is 1. The lowest BCUT2D eigenvalue weighted by atomic mass is 9.77. The number of carboxylic acid groups (broad SMARTS) is 1. The molecule has 1 saturated carbocycles. The number of methoxy groups -OCH3 is 1. The summed E-state index contributed by atoms with van der Waals surface area (Å²) in [5.74, 6) is -0.304. The maximum Gasteiger partial charge on any atom is 0.407 e. The Morgan fingerprint density at radius 3 is 2.36 bits per heavy atom. The van der Waals surface area contributed by atoms with E-state index in [2.05, 4.69) is 4.74 Å². The largest absolute Gasteiger partial charge is 0.469 e. The Hall–Kier alpha value is -1.59. The Balaban J connectivity index is 2.10. The molecule has 124 valence electrons. The van der Waals surface area contributed by atoms with Crippen LogP contribution in [0.2, 0.25) is 0 Å². The molecular formula is C16H25NO5. The van der Waals surface area contributed by atoms with Gasteiger partial charge < -0.3 is 14.7 Å². The summed E-state index contributed by atoms with van der Waals surface area (Å²) in [5.41, 5.74) is -0.169. The summed E-state index contributed by atoms with van der Waals surface area (Å²) >= 11 is 0. The molecule has 1 aliphatic heterocycles. The molecule has 1 amide bonds. The fourth-order valence-corrected chi connectivity index (χ4v) is 4.28. The van der Waals surface area contributed by atoms with E-state index in [0.717, 1.165) is 0 Å². The number of hydrogen-bond acceptors (Lipinski definition) is 4. The molecule has 0 spiro atoms. The zero-order valence-electron chi connectivity index (χ0n) is 13.7. The average molecular weight is 311 g/mol. The molecule has 0 aromatic rings. The van der Waals surface area contributed by atoms with Gasteiger partial charge in [0.05, 0.1) is 7.11 Å². The Morgan fingerprint density at radius 2 is 1.86 bits per heavy atom. The summed E-state index contributed by atoms with van der Waals surface area (Å²) in [6.07, 6.45) is 0.290. The molecule has 1 N–H and O–H groups in total. The lowest BCUT2D eigenvalue weighted by molar-refractivity contribution is -0.144. The number of carbonyl (C=O) groups is 3. The number of Topliss-reactive ketones (excluding diaryl/α,β-unsaturated/α-hetero) is 1. The summed E-state index contributed by atoms with van der Waals surface area (Å²) in [7, 11) is 1.28. The molecule has 1 heterocycles. The van der Waals surface area contributed by atoms with E-state index in [9.17, 15) is 19.5 Å². The molecule has 6 nitrogen and oxygen atoms in total. The first-order valence-electron chi connectivity index (χ1n) is 7.74. The molecule has 22 heavy (non-hydrogen) atoms. The summed E-state index contributed by atoms with van der Waals surface area (Å²) in [6.45, 7) is 6.61. The second kappa shape index (κ2) is 5.89. The van der Waals surface area contributed by atoms with Gasteiger partial charge in [0.15, 0.2) is 0 Å². The van der Waals surface area contributed by atoms with Crippen molar-refractivity contribution in [3.63, 3.8) is 0 Å². The van der Waals surface area contributed by atoms with E-state index in [-0.39, 0.29) is 41.4 Å². The molecule has 2 rings (SSSR count). The number of ketones is 1. The Kier molecular flexibility index (Phi) is 4.49. The van der Waals surface area contributed by atoms with E-state index in [0.29, 0.717) is 19.4 Å². The maximum absolute atomic E-state index is 12.2. The molecular weight excluding hydrogens is 286 g/mol. The van der Waals surface area contributed by atoms with E-state index in [1.165, 1.54) is 12.0 Å². The van der Waals surface area contributed by atoms with Crippen molar-refractivity contribution in [2.75, 3.05) is 13.7 Å². The van der Waals surface area contributed by atoms with Gasteiger partial charge in [-0.05, 0) is 30.1 Å². The third-order valence-corrected chi connectivity index (χ3v) is 5.06. The Labute approximate surface area is 130 Å². The van der Waals surface area contributed by atoms with Crippen molar-refractivity contribution in [1.82, 2.24) is 4.90 Å². The van der Waals surface area contributed by atoms with E-state index < -0.39 is 12.1 Å². The quantitative estimate of drug-likeness (QED) is 0.638. The number of likely N-dealkylation sites (tertiary alicyclic amines) is 1. The monoisotopic (exact) mass is 311 g/mol. The topological polar surface area (TPSA) is 83.9 Å². The second-order valence-corrected chi connectivity index (χ2v) is 7.56. The molecule has 4 unspecified atom stereocenters. The first-order chi connectivity index (χ1) is 10.1. The first-order valence-corrected chi connectivity index (χ1v) is 7.74. The molecule has 0 radical (unpaired) electrons. The van der Waals surface area contributed by atoms with Gasteiger partial charge in [-0.3, -0.25) is 9.59 Å². The molecule has 2 aliphatic rings. The highest BCUT2D eigenvalue weighted by atomic mass is 16.5. The zero-order chi connectivity index (χ0) is 16.7. The molecule has 6 heteroatoms. The summed E-state index contributed by atoms with van der Waals surface area (Å²) in [6, 6.07) is -0.0778. The minimum atomic E-state index is -0.883. The van der Waals surface area contributed by atoms with Crippen molar-refractivity contribution in [3.8, 4) is 0 Å². The smallest absolute Gasteiger partial charge is 0.407 e. The van der Waals surface area contributed by atoms with Crippen LogP contribution in [0.25, 0.3) is 0 Å². The standard InChI is InChI=1S/C16H25NO5/c1-16(2,3)14-11-6-9(12(18)7-13(19)22-4)5-10(11)8-17(14)15(20)21/h9-11,14H,5-8H2,1-4H3,(H,20,21). The van der Waals surface area contributed by atoms with Crippen molar-refractivity contribution >= 4 is 17.8 Å². The molecule has 0 bridgehead atoms. The first kappa shape index (κ1) is 16.8. The molecule has 0 aromatic heterocycles. The minimum Gasteiger partial charge on any atom is -0.469 e. The SMILES string of the molecule is COC(=O)CC(=O)C1CC2CN(C(=O)O)C(C(C)(C)C)C2C1. The van der Waals surface area contributed by atoms with Crippen LogP contribution in [0.3, 0.4) is 0 Å². The van der Waals surface area contributed by atoms with Gasteiger partial charge >= 0.3 is 12.1 Å². The van der Waals surface area contributed by atoms with Gasteiger partial charge in [0.25, 0.3) is 0 Å². The molecule has 4 atom stereocenters. The maximum atomic E-state index is 12.2. The number of rotatable bonds is 3. The lowest BCUT2D eigenvalue weighted by Gasteiger charge is -2.37. The fourth-order valence-electron chi connectivity index (χ4n) is 4.28. The third-order valence-electron chi connectivity index (χ3n) is 5.06. The molecule has 2 fully saturated rings.